The molecule has 0 bridgehead atoms. The van der Waals surface area contributed by atoms with Crippen molar-refractivity contribution < 1.29 is 23.1 Å². The molecule has 1 unspecified atom stereocenters. The van der Waals surface area contributed by atoms with E-state index in [1.54, 1.807) is 13.0 Å². The number of carbonyl (C=O) groups excluding carboxylic acids is 1. The van der Waals surface area contributed by atoms with Crippen molar-refractivity contribution in [2.75, 3.05) is 25.5 Å². The average molecular weight is 385 g/mol. The highest BCUT2D eigenvalue weighted by Crippen LogP contribution is 2.20. The van der Waals surface area contributed by atoms with Crippen LogP contribution >= 0.6 is 0 Å². The first-order chi connectivity index (χ1) is 12.1. The summed E-state index contributed by atoms with van der Waals surface area (Å²) in [6, 6.07) is 3.99. The van der Waals surface area contributed by atoms with Gasteiger partial charge in [0, 0.05) is 25.8 Å². The molecule has 1 atom stereocenters. The Bertz CT molecular complexity index is 749. The van der Waals surface area contributed by atoms with Gasteiger partial charge in [0.1, 0.15) is 0 Å². The molecule has 0 aliphatic carbocycles. The molecule has 3 N–H and O–H groups in total. The first-order valence-electron chi connectivity index (χ1n) is 8.43. The van der Waals surface area contributed by atoms with Crippen molar-refractivity contribution in [2.24, 2.45) is 5.92 Å². The van der Waals surface area contributed by atoms with E-state index >= 15 is 0 Å². The summed E-state index contributed by atoms with van der Waals surface area (Å²) in [6.45, 7) is 5.61. The number of anilines is 1. The number of benzene rings is 1. The lowest BCUT2D eigenvalue weighted by Gasteiger charge is -2.21. The van der Waals surface area contributed by atoms with E-state index in [2.05, 4.69) is 10.0 Å². The van der Waals surface area contributed by atoms with Gasteiger partial charge >= 0.3 is 12.0 Å². The molecular formula is C17H27N3O5S. The van der Waals surface area contributed by atoms with E-state index < -0.39 is 27.9 Å². The van der Waals surface area contributed by atoms with Crippen LogP contribution in [0.1, 0.15) is 32.3 Å². The number of amides is 2. The van der Waals surface area contributed by atoms with E-state index in [-0.39, 0.29) is 11.4 Å². The summed E-state index contributed by atoms with van der Waals surface area (Å²) in [5.74, 6) is -1.70. The SMILES string of the molecule is CCCCNS(=O)(=O)c1ccc(C)c(NC(=O)N(C)CC(C)C(=O)O)c1. The predicted molar refractivity (Wildman–Crippen MR) is 99.7 cm³/mol. The Hall–Kier alpha value is -2.13. The molecule has 0 aromatic heterocycles. The maximum Gasteiger partial charge on any atom is 0.321 e. The second kappa shape index (κ2) is 9.54. The molecule has 1 aromatic carbocycles. The zero-order valence-corrected chi connectivity index (χ0v) is 16.4. The summed E-state index contributed by atoms with van der Waals surface area (Å²) in [5, 5.41) is 11.6. The lowest BCUT2D eigenvalue weighted by atomic mass is 10.2. The van der Waals surface area contributed by atoms with E-state index in [1.165, 1.54) is 31.0 Å². The monoisotopic (exact) mass is 385 g/mol. The summed E-state index contributed by atoms with van der Waals surface area (Å²) in [5.41, 5.74) is 1.06. The van der Waals surface area contributed by atoms with Gasteiger partial charge in [0.05, 0.1) is 10.8 Å². The van der Waals surface area contributed by atoms with Crippen molar-refractivity contribution in [1.29, 1.82) is 0 Å². The third-order valence-electron chi connectivity index (χ3n) is 3.90. The Morgan fingerprint density at radius 1 is 1.31 bits per heavy atom. The highest BCUT2D eigenvalue weighted by atomic mass is 32.2. The molecule has 26 heavy (non-hydrogen) atoms. The van der Waals surface area contributed by atoms with Gasteiger partial charge in [0.25, 0.3) is 0 Å². The zero-order valence-electron chi connectivity index (χ0n) is 15.6. The molecule has 0 saturated heterocycles. The molecule has 0 saturated carbocycles. The Balaban J connectivity index is 2.90. The summed E-state index contributed by atoms with van der Waals surface area (Å²) in [7, 11) is -2.17. The third kappa shape index (κ3) is 6.30. The quantitative estimate of drug-likeness (QED) is 0.564. The van der Waals surface area contributed by atoms with E-state index in [0.29, 0.717) is 17.8 Å². The molecule has 1 rings (SSSR count). The maximum absolute atomic E-state index is 12.3. The number of carboxylic acids is 1. The minimum atomic E-state index is -3.65. The molecular weight excluding hydrogens is 358 g/mol. The van der Waals surface area contributed by atoms with Crippen molar-refractivity contribution in [2.45, 2.75) is 38.5 Å². The highest BCUT2D eigenvalue weighted by Gasteiger charge is 2.19. The number of aliphatic carboxylic acids is 1. The van der Waals surface area contributed by atoms with Gasteiger partial charge in [-0.05, 0) is 31.0 Å². The van der Waals surface area contributed by atoms with Crippen LogP contribution in [-0.4, -0.2) is 50.6 Å². The molecule has 0 radical (unpaired) electrons. The van der Waals surface area contributed by atoms with Gasteiger partial charge < -0.3 is 15.3 Å². The number of aryl methyl sites for hydroxylation is 1. The van der Waals surface area contributed by atoms with Crippen LogP contribution in [0.5, 0.6) is 0 Å². The van der Waals surface area contributed by atoms with Crippen molar-refractivity contribution in [1.82, 2.24) is 9.62 Å². The zero-order chi connectivity index (χ0) is 19.9. The molecule has 2 amide bonds. The van der Waals surface area contributed by atoms with Gasteiger partial charge in [-0.25, -0.2) is 17.9 Å². The van der Waals surface area contributed by atoms with Gasteiger partial charge in [0.15, 0.2) is 0 Å². The predicted octanol–water partition coefficient (Wildman–Crippen LogP) is 2.26. The second-order valence-electron chi connectivity index (χ2n) is 6.28. The molecule has 0 spiro atoms. The topological polar surface area (TPSA) is 116 Å². The van der Waals surface area contributed by atoms with Crippen molar-refractivity contribution in [3.8, 4) is 0 Å². The molecule has 8 nitrogen and oxygen atoms in total. The fourth-order valence-corrected chi connectivity index (χ4v) is 3.25. The molecule has 0 fully saturated rings. The maximum atomic E-state index is 12.3. The number of carboxylic acid groups (broad SMARTS) is 1. The van der Waals surface area contributed by atoms with Crippen LogP contribution in [0.2, 0.25) is 0 Å². The normalized spacial score (nSPS) is 12.5. The summed E-state index contributed by atoms with van der Waals surface area (Å²) >= 11 is 0. The van der Waals surface area contributed by atoms with E-state index in [0.717, 1.165) is 12.8 Å². The lowest BCUT2D eigenvalue weighted by molar-refractivity contribution is -0.141. The first kappa shape index (κ1) is 21.9. The van der Waals surface area contributed by atoms with Crippen LogP contribution in [0, 0.1) is 12.8 Å². The fraction of sp³-hybridized carbons (Fsp3) is 0.529. The van der Waals surface area contributed by atoms with Crippen LogP contribution < -0.4 is 10.0 Å². The minimum Gasteiger partial charge on any atom is -0.481 e. The molecule has 9 heteroatoms. The second-order valence-corrected chi connectivity index (χ2v) is 8.04. The molecule has 0 aliphatic rings. The third-order valence-corrected chi connectivity index (χ3v) is 5.36. The Labute approximate surface area is 154 Å². The number of urea groups is 1. The van der Waals surface area contributed by atoms with Crippen molar-refractivity contribution >= 4 is 27.7 Å². The van der Waals surface area contributed by atoms with Gasteiger partial charge in [0.2, 0.25) is 10.0 Å². The highest BCUT2D eigenvalue weighted by molar-refractivity contribution is 7.89. The van der Waals surface area contributed by atoms with Gasteiger partial charge in [-0.3, -0.25) is 4.79 Å². The van der Waals surface area contributed by atoms with Crippen molar-refractivity contribution in [3.63, 3.8) is 0 Å². The Morgan fingerprint density at radius 3 is 2.54 bits per heavy atom. The molecule has 0 heterocycles. The van der Waals surface area contributed by atoms with Crippen LogP contribution in [0.4, 0.5) is 10.5 Å². The number of carbonyl (C=O) groups is 2. The number of unbranched alkanes of at least 4 members (excludes halogenated alkanes) is 1. The number of hydrogen-bond acceptors (Lipinski definition) is 4. The lowest BCUT2D eigenvalue weighted by Crippen LogP contribution is -2.36. The van der Waals surface area contributed by atoms with E-state index in [1.807, 2.05) is 6.92 Å². The molecule has 1 aromatic rings. The number of rotatable bonds is 9. The van der Waals surface area contributed by atoms with Crippen LogP contribution in [0.25, 0.3) is 0 Å². The number of sulfonamides is 1. The summed E-state index contributed by atoms with van der Waals surface area (Å²) in [4.78, 5) is 24.5. The van der Waals surface area contributed by atoms with Crippen molar-refractivity contribution in [3.05, 3.63) is 23.8 Å². The van der Waals surface area contributed by atoms with E-state index in [9.17, 15) is 18.0 Å². The van der Waals surface area contributed by atoms with Crippen LogP contribution in [0.3, 0.4) is 0 Å². The first-order valence-corrected chi connectivity index (χ1v) is 9.92. The van der Waals surface area contributed by atoms with Gasteiger partial charge in [-0.2, -0.15) is 0 Å². The largest absolute Gasteiger partial charge is 0.481 e. The average Bonchev–Trinajstić information content (AvgIpc) is 2.56. The fourth-order valence-electron chi connectivity index (χ4n) is 2.15. The van der Waals surface area contributed by atoms with Crippen LogP contribution in [-0.2, 0) is 14.8 Å². The summed E-state index contributed by atoms with van der Waals surface area (Å²) < 4.78 is 27.1. The number of nitrogens with one attached hydrogen (secondary N) is 2. The standard InChI is InChI=1S/C17H27N3O5S/c1-5-6-9-18-26(24,25)14-8-7-12(2)15(10-14)19-17(23)20(4)11-13(3)16(21)22/h7-8,10,13,18H,5-6,9,11H2,1-4H3,(H,19,23)(H,21,22). The minimum absolute atomic E-state index is 0.0385. The molecule has 146 valence electrons. The number of nitrogens with zero attached hydrogens (tertiary/aromatic N) is 1. The van der Waals surface area contributed by atoms with Crippen LogP contribution in [0.15, 0.2) is 23.1 Å². The van der Waals surface area contributed by atoms with Gasteiger partial charge in [-0.1, -0.05) is 26.3 Å². The Morgan fingerprint density at radius 2 is 1.96 bits per heavy atom. The van der Waals surface area contributed by atoms with E-state index in [4.69, 9.17) is 5.11 Å². The molecule has 0 aliphatic heterocycles. The Kier molecular flexibility index (Phi) is 8.04. The summed E-state index contributed by atoms with van der Waals surface area (Å²) in [6.07, 6.45) is 1.61. The smallest absolute Gasteiger partial charge is 0.321 e. The number of hydrogen-bond donors (Lipinski definition) is 3. The van der Waals surface area contributed by atoms with Gasteiger partial charge in [-0.15, -0.1) is 0 Å².